The zero-order valence-electron chi connectivity index (χ0n) is 13.8. The quantitative estimate of drug-likeness (QED) is 0.793. The van der Waals surface area contributed by atoms with Crippen LogP contribution in [0, 0.1) is 0 Å². The van der Waals surface area contributed by atoms with Gasteiger partial charge in [0.05, 0.1) is 0 Å². The first kappa shape index (κ1) is 16.5. The van der Waals surface area contributed by atoms with Crippen LogP contribution in [-0.2, 0) is 6.42 Å². The first-order valence-electron chi connectivity index (χ1n) is 7.89. The Morgan fingerprint density at radius 1 is 1.00 bits per heavy atom. The number of aromatic amines is 1. The number of H-pyrrole nitrogens is 1. The Kier molecular flexibility index (Phi) is 4.95. The average Bonchev–Trinajstić information content (AvgIpc) is 2.62. The molecular weight excluding hydrogens is 316 g/mol. The van der Waals surface area contributed by atoms with E-state index < -0.39 is 6.09 Å². The number of carbonyl (C=O) groups is 1. The van der Waals surface area contributed by atoms with Crippen LogP contribution in [0.4, 0.5) is 10.5 Å². The molecule has 1 heterocycles. The lowest BCUT2D eigenvalue weighted by Gasteiger charge is -2.16. The smallest absolute Gasteiger partial charge is 0.410 e. The molecule has 1 N–H and O–H groups in total. The predicted octanol–water partition coefficient (Wildman–Crippen LogP) is 3.60. The van der Waals surface area contributed by atoms with E-state index in [-0.39, 0.29) is 11.3 Å². The molecule has 0 radical (unpaired) electrons. The second kappa shape index (κ2) is 7.49. The maximum Gasteiger partial charge on any atom is 0.419 e. The molecule has 0 saturated carbocycles. The van der Waals surface area contributed by atoms with Gasteiger partial charge in [-0.1, -0.05) is 48.5 Å². The van der Waals surface area contributed by atoms with Gasteiger partial charge in [-0.2, -0.15) is 0 Å². The van der Waals surface area contributed by atoms with Crippen LogP contribution >= 0.6 is 0 Å². The zero-order valence-corrected chi connectivity index (χ0v) is 13.8. The number of benzene rings is 2. The van der Waals surface area contributed by atoms with Crippen molar-refractivity contribution in [3.63, 3.8) is 0 Å². The van der Waals surface area contributed by atoms with Crippen LogP contribution in [-0.4, -0.2) is 18.1 Å². The van der Waals surface area contributed by atoms with Gasteiger partial charge in [0.1, 0.15) is 5.75 Å². The number of pyridine rings is 1. The number of hydrogen-bond donors (Lipinski definition) is 1. The van der Waals surface area contributed by atoms with E-state index in [1.165, 1.54) is 11.0 Å². The Labute approximate surface area is 145 Å². The fourth-order valence-electron chi connectivity index (χ4n) is 2.47. The molecule has 3 aromatic rings. The molecule has 0 aliphatic rings. The van der Waals surface area contributed by atoms with Crippen molar-refractivity contribution in [1.29, 1.82) is 0 Å². The standard InChI is InChI=1S/C20H18N2O3/c1-22(17-10-6-3-7-11-17)20(24)25-18-13-16(21-19(23)14-18)12-15-8-4-2-5-9-15/h2-11,13-14H,12H2,1H3,(H,21,23). The van der Waals surface area contributed by atoms with Crippen molar-refractivity contribution >= 4 is 11.8 Å². The summed E-state index contributed by atoms with van der Waals surface area (Å²) in [4.78, 5) is 28.3. The minimum absolute atomic E-state index is 0.225. The Morgan fingerprint density at radius 3 is 2.32 bits per heavy atom. The summed E-state index contributed by atoms with van der Waals surface area (Å²) >= 11 is 0. The van der Waals surface area contributed by atoms with Crippen molar-refractivity contribution < 1.29 is 9.53 Å². The molecule has 0 atom stereocenters. The minimum atomic E-state index is -0.553. The van der Waals surface area contributed by atoms with Crippen molar-refractivity contribution in [3.8, 4) is 5.75 Å². The fraction of sp³-hybridized carbons (Fsp3) is 0.100. The van der Waals surface area contributed by atoms with Crippen molar-refractivity contribution in [2.24, 2.45) is 0 Å². The van der Waals surface area contributed by atoms with Gasteiger partial charge in [-0.05, 0) is 17.7 Å². The molecule has 1 amide bonds. The molecule has 0 fully saturated rings. The van der Waals surface area contributed by atoms with Gasteiger partial charge in [-0.25, -0.2) is 4.79 Å². The summed E-state index contributed by atoms with van der Waals surface area (Å²) in [6.45, 7) is 0. The molecule has 1 aromatic heterocycles. The maximum atomic E-state index is 12.3. The number of aromatic nitrogens is 1. The van der Waals surface area contributed by atoms with Gasteiger partial charge >= 0.3 is 6.09 Å². The second-order valence-electron chi connectivity index (χ2n) is 5.63. The molecule has 0 aliphatic heterocycles. The van der Waals surface area contributed by atoms with Gasteiger partial charge < -0.3 is 9.72 Å². The molecule has 5 heteroatoms. The molecular formula is C20H18N2O3. The van der Waals surface area contributed by atoms with E-state index in [0.29, 0.717) is 17.8 Å². The van der Waals surface area contributed by atoms with E-state index in [9.17, 15) is 9.59 Å². The van der Waals surface area contributed by atoms with Crippen molar-refractivity contribution in [1.82, 2.24) is 4.98 Å². The minimum Gasteiger partial charge on any atom is -0.410 e. The number of nitrogens with one attached hydrogen (secondary N) is 1. The highest BCUT2D eigenvalue weighted by Gasteiger charge is 2.14. The predicted molar refractivity (Wildman–Crippen MR) is 97.2 cm³/mol. The van der Waals surface area contributed by atoms with E-state index in [1.54, 1.807) is 25.2 Å². The lowest BCUT2D eigenvalue weighted by Crippen LogP contribution is -2.29. The Morgan fingerprint density at radius 2 is 1.64 bits per heavy atom. The van der Waals surface area contributed by atoms with Crippen LogP contribution < -0.4 is 15.2 Å². The Bertz CT molecular complexity index is 905. The number of amides is 1. The third-order valence-corrected chi connectivity index (χ3v) is 3.73. The summed E-state index contributed by atoms with van der Waals surface area (Å²) in [7, 11) is 1.62. The number of ether oxygens (including phenoxy) is 1. The summed E-state index contributed by atoms with van der Waals surface area (Å²) < 4.78 is 5.36. The first-order valence-corrected chi connectivity index (χ1v) is 7.89. The SMILES string of the molecule is CN(C(=O)Oc1cc(Cc2ccccc2)[nH]c(=O)c1)c1ccccc1. The summed E-state index contributed by atoms with van der Waals surface area (Å²) in [6, 6.07) is 21.8. The molecule has 3 rings (SSSR count). The largest absolute Gasteiger partial charge is 0.419 e. The number of carbonyl (C=O) groups excluding carboxylic acids is 1. The first-order chi connectivity index (χ1) is 12.1. The van der Waals surface area contributed by atoms with Gasteiger partial charge in [0.25, 0.3) is 5.56 Å². The third-order valence-electron chi connectivity index (χ3n) is 3.73. The van der Waals surface area contributed by atoms with Crippen molar-refractivity contribution in [2.75, 3.05) is 11.9 Å². The molecule has 0 unspecified atom stereocenters. The van der Waals surface area contributed by atoms with E-state index in [0.717, 1.165) is 5.56 Å². The highest BCUT2D eigenvalue weighted by molar-refractivity contribution is 5.88. The van der Waals surface area contributed by atoms with Crippen LogP contribution in [0.3, 0.4) is 0 Å². The number of hydrogen-bond acceptors (Lipinski definition) is 3. The van der Waals surface area contributed by atoms with Gasteiger partial charge in [0.15, 0.2) is 0 Å². The maximum absolute atomic E-state index is 12.3. The summed E-state index contributed by atoms with van der Waals surface area (Å²) in [6.07, 6.45) is -0.00169. The summed E-state index contributed by atoms with van der Waals surface area (Å²) in [5, 5.41) is 0. The second-order valence-corrected chi connectivity index (χ2v) is 5.63. The summed E-state index contributed by atoms with van der Waals surface area (Å²) in [5.41, 5.74) is 2.15. The number of rotatable bonds is 4. The van der Waals surface area contributed by atoms with Crippen LogP contribution in [0.25, 0.3) is 0 Å². The van der Waals surface area contributed by atoms with E-state index in [1.807, 2.05) is 48.5 Å². The fourth-order valence-corrected chi connectivity index (χ4v) is 2.47. The molecule has 0 bridgehead atoms. The normalized spacial score (nSPS) is 10.3. The number of anilines is 1. The van der Waals surface area contributed by atoms with Crippen LogP contribution in [0.5, 0.6) is 5.75 Å². The number of nitrogens with zero attached hydrogens (tertiary/aromatic N) is 1. The molecule has 2 aromatic carbocycles. The van der Waals surface area contributed by atoms with Crippen LogP contribution in [0.2, 0.25) is 0 Å². The zero-order chi connectivity index (χ0) is 17.6. The van der Waals surface area contributed by atoms with Crippen LogP contribution in [0.1, 0.15) is 11.3 Å². The highest BCUT2D eigenvalue weighted by atomic mass is 16.6. The van der Waals surface area contributed by atoms with Gasteiger partial charge in [0, 0.05) is 37.0 Å². The Hall–Kier alpha value is -3.34. The van der Waals surface area contributed by atoms with Crippen LogP contribution in [0.15, 0.2) is 77.6 Å². The monoisotopic (exact) mass is 334 g/mol. The molecule has 0 spiro atoms. The van der Waals surface area contributed by atoms with E-state index in [2.05, 4.69) is 4.98 Å². The summed E-state index contributed by atoms with van der Waals surface area (Å²) in [5.74, 6) is 0.225. The molecule has 0 aliphatic carbocycles. The van der Waals surface area contributed by atoms with E-state index >= 15 is 0 Å². The average molecular weight is 334 g/mol. The third kappa shape index (κ3) is 4.35. The lowest BCUT2D eigenvalue weighted by atomic mass is 10.1. The Balaban J connectivity index is 1.76. The molecule has 5 nitrogen and oxygen atoms in total. The van der Waals surface area contributed by atoms with Crippen molar-refractivity contribution in [3.05, 3.63) is 94.4 Å². The van der Waals surface area contributed by atoms with E-state index in [4.69, 9.17) is 4.74 Å². The molecule has 126 valence electrons. The highest BCUT2D eigenvalue weighted by Crippen LogP contribution is 2.16. The van der Waals surface area contributed by atoms with Crippen molar-refractivity contribution in [2.45, 2.75) is 6.42 Å². The molecule has 0 saturated heterocycles. The van der Waals surface area contributed by atoms with Gasteiger partial charge in [-0.15, -0.1) is 0 Å². The lowest BCUT2D eigenvalue weighted by molar-refractivity contribution is 0.209. The number of para-hydroxylation sites is 1. The topological polar surface area (TPSA) is 62.4 Å². The van der Waals surface area contributed by atoms with Gasteiger partial charge in [0.2, 0.25) is 0 Å². The molecule has 25 heavy (non-hydrogen) atoms. The van der Waals surface area contributed by atoms with Gasteiger partial charge in [-0.3, -0.25) is 9.69 Å².